The molecule has 0 unspecified atom stereocenters. The number of esters is 1. The van der Waals surface area contributed by atoms with Gasteiger partial charge in [0.15, 0.2) is 5.78 Å². The number of Topliss-reactive ketones (excluding diaryl/α,β-unsaturated/α-hetero) is 1. The molecule has 0 bridgehead atoms. The molecule has 0 aromatic carbocycles. The van der Waals surface area contributed by atoms with E-state index >= 15 is 0 Å². The summed E-state index contributed by atoms with van der Waals surface area (Å²) in [5.41, 5.74) is 0. The molecule has 0 N–H and O–H groups in total. The Labute approximate surface area is 70.5 Å². The van der Waals surface area contributed by atoms with Crippen molar-refractivity contribution in [2.75, 3.05) is 20.2 Å². The molecule has 0 amide bonds. The van der Waals surface area contributed by atoms with E-state index in [9.17, 15) is 9.59 Å². The summed E-state index contributed by atoms with van der Waals surface area (Å²) >= 11 is 0. The zero-order valence-electron chi connectivity index (χ0n) is 6.95. The van der Waals surface area contributed by atoms with Crippen LogP contribution in [0.15, 0.2) is 0 Å². The van der Waals surface area contributed by atoms with Crippen LogP contribution in [0.2, 0.25) is 0 Å². The van der Waals surface area contributed by atoms with Crippen LogP contribution in [-0.2, 0) is 14.3 Å². The summed E-state index contributed by atoms with van der Waals surface area (Å²) in [6.07, 6.45) is 0.572. The van der Waals surface area contributed by atoms with Gasteiger partial charge in [-0.05, 0) is 7.05 Å². The minimum atomic E-state index is -0.222. The largest absolute Gasteiger partial charge is 0.464 e. The third-order valence-corrected chi connectivity index (χ3v) is 2.55. The summed E-state index contributed by atoms with van der Waals surface area (Å²) in [6, 6.07) is -0.0588. The Bertz CT molecular complexity index is 236. The number of fused-ring (bicyclic) bond motifs is 1. The van der Waals surface area contributed by atoms with Crippen molar-refractivity contribution in [3.63, 3.8) is 0 Å². The zero-order chi connectivity index (χ0) is 8.72. The number of cyclic esters (lactones) is 1. The predicted octanol–water partition coefficient (Wildman–Crippen LogP) is -0.567. The standard InChI is InChI=1S/C8H11NO3/c1-9-3-7(11)12-4-5-2-6(10)8(5)9/h5,8H,2-4H2,1H3/t5-,8+/m0/s1. The first kappa shape index (κ1) is 7.73. The van der Waals surface area contributed by atoms with Crippen molar-refractivity contribution in [1.29, 1.82) is 0 Å². The highest BCUT2D eigenvalue weighted by Gasteiger charge is 2.45. The fourth-order valence-corrected chi connectivity index (χ4v) is 1.90. The number of hydrogen-bond acceptors (Lipinski definition) is 4. The summed E-state index contributed by atoms with van der Waals surface area (Å²) in [4.78, 5) is 23.9. The van der Waals surface area contributed by atoms with E-state index in [1.165, 1.54) is 0 Å². The van der Waals surface area contributed by atoms with Gasteiger partial charge in [-0.15, -0.1) is 0 Å². The van der Waals surface area contributed by atoms with Gasteiger partial charge in [0.25, 0.3) is 0 Å². The lowest BCUT2D eigenvalue weighted by molar-refractivity contribution is -0.144. The molecular weight excluding hydrogens is 158 g/mol. The summed E-state index contributed by atoms with van der Waals surface area (Å²) in [5, 5.41) is 0. The normalized spacial score (nSPS) is 36.4. The van der Waals surface area contributed by atoms with Crippen LogP contribution >= 0.6 is 0 Å². The van der Waals surface area contributed by atoms with Crippen molar-refractivity contribution in [3.8, 4) is 0 Å². The van der Waals surface area contributed by atoms with Gasteiger partial charge in [-0.2, -0.15) is 0 Å². The molecule has 1 heterocycles. The number of rotatable bonds is 0. The van der Waals surface area contributed by atoms with Crippen molar-refractivity contribution < 1.29 is 14.3 Å². The lowest BCUT2D eigenvalue weighted by Gasteiger charge is -2.37. The molecule has 2 atom stereocenters. The van der Waals surface area contributed by atoms with E-state index in [0.29, 0.717) is 13.0 Å². The van der Waals surface area contributed by atoms with Crippen LogP contribution in [-0.4, -0.2) is 42.9 Å². The maximum absolute atomic E-state index is 11.1. The SMILES string of the molecule is CN1CC(=O)OC[C@@H]2CC(=O)[C@@H]21. The molecule has 1 aliphatic heterocycles. The highest BCUT2D eigenvalue weighted by Crippen LogP contribution is 2.29. The van der Waals surface area contributed by atoms with Crippen molar-refractivity contribution in [3.05, 3.63) is 0 Å². The van der Waals surface area contributed by atoms with Crippen LogP contribution < -0.4 is 0 Å². The van der Waals surface area contributed by atoms with Crippen molar-refractivity contribution in [1.82, 2.24) is 4.90 Å². The van der Waals surface area contributed by atoms with E-state index in [0.717, 1.165) is 0 Å². The first-order valence-electron chi connectivity index (χ1n) is 4.07. The lowest BCUT2D eigenvalue weighted by atomic mass is 9.78. The minimum Gasteiger partial charge on any atom is -0.464 e. The van der Waals surface area contributed by atoms with Gasteiger partial charge in [0.2, 0.25) is 0 Å². The molecule has 1 aliphatic carbocycles. The Balaban J connectivity index is 2.12. The molecule has 0 aromatic heterocycles. The Hall–Kier alpha value is -0.900. The first-order chi connectivity index (χ1) is 5.68. The van der Waals surface area contributed by atoms with Crippen LogP contribution in [0.25, 0.3) is 0 Å². The Morgan fingerprint density at radius 3 is 2.92 bits per heavy atom. The molecular formula is C8H11NO3. The van der Waals surface area contributed by atoms with Crippen molar-refractivity contribution in [2.24, 2.45) is 5.92 Å². The monoisotopic (exact) mass is 169 g/mol. The number of carbonyl (C=O) groups is 2. The number of likely N-dealkylation sites (N-methyl/N-ethyl adjacent to an activating group) is 1. The zero-order valence-corrected chi connectivity index (χ0v) is 6.95. The van der Waals surface area contributed by atoms with Gasteiger partial charge in [-0.3, -0.25) is 14.5 Å². The fraction of sp³-hybridized carbons (Fsp3) is 0.750. The second kappa shape index (κ2) is 2.55. The van der Waals surface area contributed by atoms with E-state index < -0.39 is 0 Å². The first-order valence-corrected chi connectivity index (χ1v) is 4.07. The number of nitrogens with zero attached hydrogens (tertiary/aromatic N) is 1. The molecule has 1 saturated carbocycles. The van der Waals surface area contributed by atoms with Gasteiger partial charge >= 0.3 is 5.97 Å². The van der Waals surface area contributed by atoms with Crippen LogP contribution in [0, 0.1) is 5.92 Å². The predicted molar refractivity (Wildman–Crippen MR) is 40.5 cm³/mol. The Morgan fingerprint density at radius 1 is 1.50 bits per heavy atom. The topological polar surface area (TPSA) is 46.6 Å². The summed E-state index contributed by atoms with van der Waals surface area (Å²) in [6.45, 7) is 0.659. The quantitative estimate of drug-likeness (QED) is 0.456. The molecule has 2 aliphatic rings. The third kappa shape index (κ3) is 1.03. The van der Waals surface area contributed by atoms with Gasteiger partial charge in [0.05, 0.1) is 19.2 Å². The fourth-order valence-electron chi connectivity index (χ4n) is 1.90. The van der Waals surface area contributed by atoms with Crippen molar-refractivity contribution in [2.45, 2.75) is 12.5 Å². The second-order valence-corrected chi connectivity index (χ2v) is 3.47. The second-order valence-electron chi connectivity index (χ2n) is 3.47. The maximum Gasteiger partial charge on any atom is 0.320 e. The molecule has 4 nitrogen and oxygen atoms in total. The van der Waals surface area contributed by atoms with Gasteiger partial charge in [0.1, 0.15) is 0 Å². The van der Waals surface area contributed by atoms with Gasteiger partial charge in [-0.25, -0.2) is 0 Å². The summed E-state index contributed by atoms with van der Waals surface area (Å²) < 4.78 is 4.92. The molecule has 0 spiro atoms. The Morgan fingerprint density at radius 2 is 2.25 bits per heavy atom. The molecule has 2 rings (SSSR count). The van der Waals surface area contributed by atoms with Gasteiger partial charge in [-0.1, -0.05) is 0 Å². The third-order valence-electron chi connectivity index (χ3n) is 2.55. The summed E-state index contributed by atoms with van der Waals surface area (Å²) in [5.74, 6) is 0.259. The lowest BCUT2D eigenvalue weighted by Crippen LogP contribution is -2.53. The molecule has 0 radical (unpaired) electrons. The van der Waals surface area contributed by atoms with Crippen molar-refractivity contribution >= 4 is 11.8 Å². The van der Waals surface area contributed by atoms with E-state index in [-0.39, 0.29) is 30.3 Å². The molecule has 12 heavy (non-hydrogen) atoms. The van der Waals surface area contributed by atoms with E-state index in [1.807, 2.05) is 0 Å². The minimum absolute atomic E-state index is 0.0588. The number of ether oxygens (including phenoxy) is 1. The van der Waals surface area contributed by atoms with Gasteiger partial charge < -0.3 is 4.74 Å². The molecule has 0 aromatic rings. The highest BCUT2D eigenvalue weighted by molar-refractivity contribution is 5.91. The molecule has 4 heteroatoms. The number of hydrogen-bond donors (Lipinski definition) is 0. The average Bonchev–Trinajstić information content (AvgIpc) is 2.05. The molecule has 2 fully saturated rings. The molecule has 1 saturated heterocycles. The smallest absolute Gasteiger partial charge is 0.320 e. The Kier molecular flexibility index (Phi) is 1.65. The molecule has 66 valence electrons. The van der Waals surface area contributed by atoms with E-state index in [4.69, 9.17) is 4.74 Å². The van der Waals surface area contributed by atoms with Crippen LogP contribution in [0.4, 0.5) is 0 Å². The van der Waals surface area contributed by atoms with Crippen LogP contribution in [0.1, 0.15) is 6.42 Å². The van der Waals surface area contributed by atoms with E-state index in [2.05, 4.69) is 0 Å². The number of ketones is 1. The number of carbonyl (C=O) groups excluding carboxylic acids is 2. The van der Waals surface area contributed by atoms with Gasteiger partial charge in [0, 0.05) is 12.3 Å². The van der Waals surface area contributed by atoms with E-state index in [1.54, 1.807) is 11.9 Å². The van der Waals surface area contributed by atoms with Crippen LogP contribution in [0.5, 0.6) is 0 Å². The average molecular weight is 169 g/mol. The highest BCUT2D eigenvalue weighted by atomic mass is 16.5. The summed E-state index contributed by atoms with van der Waals surface area (Å²) in [7, 11) is 1.79. The van der Waals surface area contributed by atoms with Crippen LogP contribution in [0.3, 0.4) is 0 Å². The maximum atomic E-state index is 11.1.